The van der Waals surface area contributed by atoms with Crippen LogP contribution in [0.4, 0.5) is 5.69 Å². The highest BCUT2D eigenvalue weighted by atomic mass is 32.2. The minimum absolute atomic E-state index is 0.0201. The number of rotatable bonds is 8. The lowest BCUT2D eigenvalue weighted by Crippen LogP contribution is -2.26. The minimum atomic E-state index is -3.64. The van der Waals surface area contributed by atoms with Crippen LogP contribution in [0.5, 0.6) is 0 Å². The molecule has 9 nitrogen and oxygen atoms in total. The van der Waals surface area contributed by atoms with Crippen molar-refractivity contribution in [2.24, 2.45) is 5.10 Å². The fraction of sp³-hybridized carbons (Fsp3) is 0.200. The molecule has 0 radical (unpaired) electrons. The van der Waals surface area contributed by atoms with Gasteiger partial charge in [0, 0.05) is 36.3 Å². The van der Waals surface area contributed by atoms with E-state index in [0.29, 0.717) is 28.0 Å². The van der Waals surface area contributed by atoms with Gasteiger partial charge in [0.2, 0.25) is 10.0 Å². The van der Waals surface area contributed by atoms with Gasteiger partial charge < -0.3 is 0 Å². The topological polar surface area (TPSA) is 122 Å². The van der Waals surface area contributed by atoms with Crippen molar-refractivity contribution in [1.29, 1.82) is 0 Å². The maximum absolute atomic E-state index is 12.8. The van der Waals surface area contributed by atoms with Crippen molar-refractivity contribution in [2.75, 3.05) is 7.05 Å². The fourth-order valence-corrected chi connectivity index (χ4v) is 4.45. The van der Waals surface area contributed by atoms with E-state index < -0.39 is 20.9 Å². The molecule has 35 heavy (non-hydrogen) atoms. The van der Waals surface area contributed by atoms with E-state index in [2.05, 4.69) is 10.5 Å². The smallest absolute Gasteiger partial charge is 0.267 e. The van der Waals surface area contributed by atoms with Gasteiger partial charge >= 0.3 is 0 Å². The average molecular weight is 495 g/mol. The van der Waals surface area contributed by atoms with Crippen molar-refractivity contribution in [3.05, 3.63) is 105 Å². The Hall–Kier alpha value is -3.89. The third-order valence-electron chi connectivity index (χ3n) is 5.50. The van der Waals surface area contributed by atoms with E-state index >= 15 is 0 Å². The summed E-state index contributed by atoms with van der Waals surface area (Å²) in [5, 5.41) is 15.2. The van der Waals surface area contributed by atoms with E-state index in [1.54, 1.807) is 74.5 Å². The van der Waals surface area contributed by atoms with Crippen molar-refractivity contribution in [3.8, 4) is 0 Å². The van der Waals surface area contributed by atoms with Gasteiger partial charge in [-0.1, -0.05) is 42.0 Å². The molecule has 0 spiro atoms. The molecular weight excluding hydrogens is 468 g/mol. The van der Waals surface area contributed by atoms with E-state index in [1.807, 2.05) is 6.92 Å². The Bertz CT molecular complexity index is 1380. The summed E-state index contributed by atoms with van der Waals surface area (Å²) in [5.74, 6) is -0.460. The number of aryl methyl sites for hydroxylation is 2. The van der Waals surface area contributed by atoms with Gasteiger partial charge in [-0.3, -0.25) is 14.9 Å². The number of hydrogen-bond donors (Lipinski definition) is 1. The molecule has 0 aromatic heterocycles. The van der Waals surface area contributed by atoms with Gasteiger partial charge in [-0.25, -0.2) is 13.8 Å². The highest BCUT2D eigenvalue weighted by Gasteiger charge is 2.21. The SMILES string of the molecule is C/C(=N\NC(=O)c1ccc(CN(C)S(=O)(=O)c2ccc(C)cc2)cc1)c1ccc(C)c([N+](=O)[O-])c1. The molecule has 0 heterocycles. The summed E-state index contributed by atoms with van der Waals surface area (Å²) >= 11 is 0. The molecule has 3 aromatic carbocycles. The number of carbonyl (C=O) groups excluding carboxylic acids is 1. The molecule has 182 valence electrons. The Labute approximate surface area is 204 Å². The third-order valence-corrected chi connectivity index (χ3v) is 7.32. The van der Waals surface area contributed by atoms with Gasteiger partial charge in [0.15, 0.2) is 0 Å². The normalized spacial score (nSPS) is 12.0. The molecule has 0 fully saturated rings. The van der Waals surface area contributed by atoms with E-state index in [9.17, 15) is 23.3 Å². The lowest BCUT2D eigenvalue weighted by Gasteiger charge is -2.17. The van der Waals surface area contributed by atoms with E-state index in [-0.39, 0.29) is 17.1 Å². The summed E-state index contributed by atoms with van der Waals surface area (Å²) in [5.41, 5.74) is 5.92. The summed E-state index contributed by atoms with van der Waals surface area (Å²) in [4.78, 5) is 23.4. The number of amides is 1. The van der Waals surface area contributed by atoms with Crippen LogP contribution in [0.2, 0.25) is 0 Å². The van der Waals surface area contributed by atoms with E-state index in [0.717, 1.165) is 5.56 Å². The zero-order valence-corrected chi connectivity index (χ0v) is 20.7. The molecule has 0 saturated heterocycles. The van der Waals surface area contributed by atoms with Crippen molar-refractivity contribution in [3.63, 3.8) is 0 Å². The summed E-state index contributed by atoms with van der Waals surface area (Å²) < 4.78 is 26.8. The molecule has 1 amide bonds. The molecule has 3 aromatic rings. The highest BCUT2D eigenvalue weighted by molar-refractivity contribution is 7.89. The van der Waals surface area contributed by atoms with E-state index in [1.165, 1.54) is 17.4 Å². The molecule has 10 heteroatoms. The molecule has 0 aliphatic carbocycles. The molecule has 0 unspecified atom stereocenters. The number of nitrogens with one attached hydrogen (secondary N) is 1. The summed E-state index contributed by atoms with van der Waals surface area (Å²) in [6.45, 7) is 5.32. The second-order valence-electron chi connectivity index (χ2n) is 8.17. The lowest BCUT2D eigenvalue weighted by molar-refractivity contribution is -0.385. The van der Waals surface area contributed by atoms with Crippen molar-refractivity contribution in [1.82, 2.24) is 9.73 Å². The maximum atomic E-state index is 12.8. The molecule has 0 atom stereocenters. The molecule has 0 aliphatic heterocycles. The number of carbonyl (C=O) groups is 1. The second-order valence-corrected chi connectivity index (χ2v) is 10.2. The van der Waals surface area contributed by atoms with Gasteiger partial charge in [-0.05, 0) is 50.6 Å². The predicted molar refractivity (Wildman–Crippen MR) is 134 cm³/mol. The van der Waals surface area contributed by atoms with Gasteiger partial charge in [0.1, 0.15) is 0 Å². The number of benzene rings is 3. The quantitative estimate of drug-likeness (QED) is 0.286. The summed E-state index contributed by atoms with van der Waals surface area (Å²) in [7, 11) is -2.14. The van der Waals surface area contributed by atoms with Crippen LogP contribution in [0, 0.1) is 24.0 Å². The molecule has 0 saturated carbocycles. The Morgan fingerprint density at radius 2 is 1.60 bits per heavy atom. The standard InChI is InChI=1S/C25H26N4O5S/c1-17-5-13-23(14-6-17)35(33,34)28(4)16-20-8-11-21(12-9-20)25(30)27-26-19(3)22-10-7-18(2)24(15-22)29(31)32/h5-15H,16H2,1-4H3,(H,27,30)/b26-19+. The Morgan fingerprint density at radius 1 is 1.00 bits per heavy atom. The zero-order chi connectivity index (χ0) is 25.8. The number of nitrogens with zero attached hydrogens (tertiary/aromatic N) is 3. The molecule has 1 N–H and O–H groups in total. The number of nitro groups is 1. The Morgan fingerprint density at radius 3 is 2.20 bits per heavy atom. The van der Waals surface area contributed by atoms with Gasteiger partial charge in [-0.15, -0.1) is 0 Å². The van der Waals surface area contributed by atoms with Gasteiger partial charge in [-0.2, -0.15) is 9.41 Å². The first kappa shape index (κ1) is 25.7. The first-order chi connectivity index (χ1) is 16.5. The lowest BCUT2D eigenvalue weighted by atomic mass is 10.1. The van der Waals surface area contributed by atoms with Crippen LogP contribution in [-0.4, -0.2) is 36.3 Å². The second kappa shape index (κ2) is 10.6. The minimum Gasteiger partial charge on any atom is -0.267 e. The van der Waals surface area contributed by atoms with Gasteiger partial charge in [0.25, 0.3) is 11.6 Å². The molecular formula is C25H26N4O5S. The summed E-state index contributed by atoms with van der Waals surface area (Å²) in [6, 6.07) is 17.9. The van der Waals surface area contributed by atoms with Crippen LogP contribution in [0.3, 0.4) is 0 Å². The monoisotopic (exact) mass is 494 g/mol. The number of hydrazone groups is 1. The molecule has 0 bridgehead atoms. The first-order valence-corrected chi connectivity index (χ1v) is 12.1. The van der Waals surface area contributed by atoms with Crippen LogP contribution in [0.25, 0.3) is 0 Å². The highest BCUT2D eigenvalue weighted by Crippen LogP contribution is 2.20. The Balaban J connectivity index is 1.66. The number of hydrogen-bond acceptors (Lipinski definition) is 6. The molecule has 0 aliphatic rings. The predicted octanol–water partition coefficient (Wildman–Crippen LogP) is 4.19. The van der Waals surface area contributed by atoms with E-state index in [4.69, 9.17) is 0 Å². The van der Waals surface area contributed by atoms with Gasteiger partial charge in [0.05, 0.1) is 15.5 Å². The van der Waals surface area contributed by atoms with Crippen LogP contribution in [0.1, 0.15) is 39.5 Å². The number of nitro benzene ring substituents is 1. The number of sulfonamides is 1. The Kier molecular flexibility index (Phi) is 7.78. The van der Waals surface area contributed by atoms with Crippen LogP contribution >= 0.6 is 0 Å². The van der Waals surface area contributed by atoms with Crippen LogP contribution < -0.4 is 5.43 Å². The molecule has 3 rings (SSSR count). The van der Waals surface area contributed by atoms with Crippen LogP contribution in [-0.2, 0) is 16.6 Å². The van der Waals surface area contributed by atoms with Crippen molar-refractivity contribution < 1.29 is 18.1 Å². The third kappa shape index (κ3) is 6.17. The summed E-state index contributed by atoms with van der Waals surface area (Å²) in [6.07, 6.45) is 0. The maximum Gasteiger partial charge on any atom is 0.272 e. The zero-order valence-electron chi connectivity index (χ0n) is 19.8. The van der Waals surface area contributed by atoms with Crippen LogP contribution in [0.15, 0.2) is 76.7 Å². The van der Waals surface area contributed by atoms with Crippen molar-refractivity contribution >= 4 is 27.3 Å². The fourth-order valence-electron chi connectivity index (χ4n) is 3.29. The first-order valence-electron chi connectivity index (χ1n) is 10.7. The largest absolute Gasteiger partial charge is 0.272 e. The average Bonchev–Trinajstić information content (AvgIpc) is 2.83. The van der Waals surface area contributed by atoms with Crippen molar-refractivity contribution in [2.45, 2.75) is 32.2 Å².